The number of fused-ring (bicyclic) bond motifs is 1. The monoisotopic (exact) mass is 492 g/mol. The van der Waals surface area contributed by atoms with Gasteiger partial charge >= 0.3 is 0 Å². The third kappa shape index (κ3) is 4.98. The van der Waals surface area contributed by atoms with E-state index in [4.69, 9.17) is 21.4 Å². The van der Waals surface area contributed by atoms with Gasteiger partial charge in [-0.2, -0.15) is 5.10 Å². The number of ether oxygens (including phenoxy) is 1. The summed E-state index contributed by atoms with van der Waals surface area (Å²) >= 11 is 6.17. The molecule has 7 heteroatoms. The number of nitrogens with zero attached hydrogens (tertiary/aromatic N) is 2. The number of para-hydroxylation sites is 1. The van der Waals surface area contributed by atoms with Crippen LogP contribution < -0.4 is 4.74 Å². The SMILES string of the molecule is O=C(COc1ccccc1Cl)N1N=C2/C(=C\c3ccc(F)cc3)CCC[C@@H]2[C@@H]1c1ccc(F)cc1. The summed E-state index contributed by atoms with van der Waals surface area (Å²) in [4.78, 5) is 13.3. The third-order valence-corrected chi connectivity index (χ3v) is 6.68. The summed E-state index contributed by atoms with van der Waals surface area (Å²) < 4.78 is 32.7. The second-order valence-corrected chi connectivity index (χ2v) is 9.07. The number of hydrogen-bond acceptors (Lipinski definition) is 3. The summed E-state index contributed by atoms with van der Waals surface area (Å²) in [7, 11) is 0. The summed E-state index contributed by atoms with van der Waals surface area (Å²) in [5.41, 5.74) is 3.53. The summed E-state index contributed by atoms with van der Waals surface area (Å²) in [6.07, 6.45) is 4.57. The lowest BCUT2D eigenvalue weighted by molar-refractivity contribution is -0.135. The van der Waals surface area contributed by atoms with Crippen molar-refractivity contribution in [3.05, 3.63) is 106 Å². The molecule has 2 aliphatic rings. The maximum atomic E-state index is 13.7. The molecule has 3 aromatic rings. The van der Waals surface area contributed by atoms with E-state index in [-0.39, 0.29) is 36.1 Å². The summed E-state index contributed by atoms with van der Waals surface area (Å²) in [6.45, 7) is -0.234. The number of rotatable bonds is 5. The lowest BCUT2D eigenvalue weighted by Crippen LogP contribution is -2.34. The van der Waals surface area contributed by atoms with Crippen molar-refractivity contribution in [2.24, 2.45) is 11.0 Å². The predicted molar refractivity (Wildman–Crippen MR) is 132 cm³/mol. The van der Waals surface area contributed by atoms with Crippen molar-refractivity contribution in [3.63, 3.8) is 0 Å². The van der Waals surface area contributed by atoms with Crippen molar-refractivity contribution in [2.45, 2.75) is 25.3 Å². The molecule has 0 N–H and O–H groups in total. The third-order valence-electron chi connectivity index (χ3n) is 6.37. The smallest absolute Gasteiger partial charge is 0.281 e. The van der Waals surface area contributed by atoms with E-state index < -0.39 is 0 Å². The molecular formula is C28H23ClF2N2O2. The Hall–Kier alpha value is -3.51. The zero-order valence-corrected chi connectivity index (χ0v) is 19.6. The van der Waals surface area contributed by atoms with E-state index in [1.165, 1.54) is 29.3 Å². The topological polar surface area (TPSA) is 41.9 Å². The minimum atomic E-state index is -0.370. The highest BCUT2D eigenvalue weighted by Crippen LogP contribution is 2.44. The second-order valence-electron chi connectivity index (χ2n) is 8.66. The first-order chi connectivity index (χ1) is 17.0. The van der Waals surface area contributed by atoms with Crippen LogP contribution in [0.5, 0.6) is 5.75 Å². The van der Waals surface area contributed by atoms with Crippen molar-refractivity contribution >= 4 is 29.3 Å². The predicted octanol–water partition coefficient (Wildman–Crippen LogP) is 6.82. The van der Waals surface area contributed by atoms with E-state index in [1.807, 2.05) is 6.08 Å². The van der Waals surface area contributed by atoms with Gasteiger partial charge in [-0.05, 0) is 78.4 Å². The minimum Gasteiger partial charge on any atom is -0.482 e. The maximum absolute atomic E-state index is 13.7. The van der Waals surface area contributed by atoms with Gasteiger partial charge in [0.05, 0.1) is 16.8 Å². The van der Waals surface area contributed by atoms with Gasteiger partial charge in [-0.1, -0.05) is 48.0 Å². The van der Waals surface area contributed by atoms with Crippen LogP contribution in [0.25, 0.3) is 6.08 Å². The molecule has 5 rings (SSSR count). The van der Waals surface area contributed by atoms with Crippen LogP contribution in [0.15, 0.2) is 83.5 Å². The van der Waals surface area contributed by atoms with Crippen molar-refractivity contribution in [3.8, 4) is 5.75 Å². The van der Waals surface area contributed by atoms with Crippen LogP contribution in [0.4, 0.5) is 8.78 Å². The van der Waals surface area contributed by atoms with Crippen LogP contribution in [0.3, 0.4) is 0 Å². The summed E-state index contributed by atoms with van der Waals surface area (Å²) in [5.74, 6) is -0.568. The van der Waals surface area contributed by atoms with Gasteiger partial charge in [0.25, 0.3) is 5.91 Å². The lowest BCUT2D eigenvalue weighted by Gasteiger charge is -2.29. The average molecular weight is 493 g/mol. The lowest BCUT2D eigenvalue weighted by atomic mass is 9.77. The van der Waals surface area contributed by atoms with E-state index in [9.17, 15) is 13.6 Å². The van der Waals surface area contributed by atoms with Crippen LogP contribution in [0, 0.1) is 17.6 Å². The number of halogens is 3. The van der Waals surface area contributed by atoms with Crippen molar-refractivity contribution in [1.82, 2.24) is 5.01 Å². The molecule has 0 saturated heterocycles. The molecule has 1 aliphatic carbocycles. The first kappa shape index (κ1) is 23.2. The molecule has 2 atom stereocenters. The normalized spacial score (nSPS) is 20.5. The number of benzene rings is 3. The van der Waals surface area contributed by atoms with Gasteiger partial charge in [-0.3, -0.25) is 4.79 Å². The number of carbonyl (C=O) groups is 1. The second kappa shape index (κ2) is 10.0. The highest BCUT2D eigenvalue weighted by molar-refractivity contribution is 6.32. The average Bonchev–Trinajstić information content (AvgIpc) is 3.26. The van der Waals surface area contributed by atoms with E-state index in [1.54, 1.807) is 48.5 Å². The van der Waals surface area contributed by atoms with Crippen LogP contribution in [-0.2, 0) is 4.79 Å². The standard InChI is InChI=1S/C28H23ClF2N2O2/c29-24-6-1-2-7-25(24)35-17-26(34)33-28(19-10-14-22(31)15-11-19)23-5-3-4-20(27(23)32-33)16-18-8-12-21(30)13-9-18/h1-2,6-16,23,28H,3-5,17H2/b20-16-/t23-,28-/m0/s1. The molecule has 3 aromatic carbocycles. The maximum Gasteiger partial charge on any atom is 0.281 e. The zero-order valence-electron chi connectivity index (χ0n) is 18.8. The quantitative estimate of drug-likeness (QED) is 0.392. The molecule has 0 aromatic heterocycles. The number of hydrazone groups is 1. The van der Waals surface area contributed by atoms with Gasteiger partial charge in [-0.15, -0.1) is 0 Å². The molecular weight excluding hydrogens is 470 g/mol. The molecule has 35 heavy (non-hydrogen) atoms. The Bertz CT molecular complexity index is 1290. The van der Waals surface area contributed by atoms with Gasteiger partial charge in [0.2, 0.25) is 0 Å². The largest absolute Gasteiger partial charge is 0.482 e. The highest BCUT2D eigenvalue weighted by atomic mass is 35.5. The minimum absolute atomic E-state index is 0.0369. The Morgan fingerprint density at radius 1 is 1.03 bits per heavy atom. The number of allylic oxidation sites excluding steroid dienone is 1. The van der Waals surface area contributed by atoms with Gasteiger partial charge in [0.1, 0.15) is 17.4 Å². The van der Waals surface area contributed by atoms with Crippen molar-refractivity contribution < 1.29 is 18.3 Å². The Morgan fingerprint density at radius 2 is 1.71 bits per heavy atom. The molecule has 4 nitrogen and oxygen atoms in total. The Kier molecular flexibility index (Phi) is 6.64. The van der Waals surface area contributed by atoms with Gasteiger partial charge in [0.15, 0.2) is 6.61 Å². The fourth-order valence-electron chi connectivity index (χ4n) is 4.73. The molecule has 1 heterocycles. The number of hydrogen-bond donors (Lipinski definition) is 0. The fourth-order valence-corrected chi connectivity index (χ4v) is 4.92. The Morgan fingerprint density at radius 3 is 2.43 bits per heavy atom. The molecule has 178 valence electrons. The molecule has 0 radical (unpaired) electrons. The number of amides is 1. The molecule has 1 fully saturated rings. The fraction of sp³-hybridized carbons (Fsp3) is 0.214. The van der Waals surface area contributed by atoms with E-state index in [0.717, 1.165) is 41.7 Å². The Balaban J connectivity index is 1.47. The molecule has 1 aliphatic heterocycles. The molecule has 0 unspecified atom stereocenters. The van der Waals surface area contributed by atoms with Crippen molar-refractivity contribution in [1.29, 1.82) is 0 Å². The number of carbonyl (C=O) groups excluding carboxylic acids is 1. The van der Waals surface area contributed by atoms with Gasteiger partial charge in [0, 0.05) is 5.92 Å². The van der Waals surface area contributed by atoms with Crippen molar-refractivity contribution in [2.75, 3.05) is 6.61 Å². The molecule has 1 saturated carbocycles. The first-order valence-electron chi connectivity index (χ1n) is 11.5. The van der Waals surface area contributed by atoms with Crippen LogP contribution in [-0.4, -0.2) is 23.2 Å². The first-order valence-corrected chi connectivity index (χ1v) is 11.9. The summed E-state index contributed by atoms with van der Waals surface area (Å²) in [6, 6.07) is 19.1. The summed E-state index contributed by atoms with van der Waals surface area (Å²) in [5, 5.41) is 6.66. The zero-order chi connectivity index (χ0) is 24.4. The molecule has 0 spiro atoms. The highest BCUT2D eigenvalue weighted by Gasteiger charge is 2.43. The molecule has 1 amide bonds. The van der Waals surface area contributed by atoms with Gasteiger partial charge < -0.3 is 4.74 Å². The van der Waals surface area contributed by atoms with Crippen LogP contribution in [0.1, 0.15) is 36.4 Å². The van der Waals surface area contributed by atoms with Crippen LogP contribution in [0.2, 0.25) is 5.02 Å². The van der Waals surface area contributed by atoms with Gasteiger partial charge in [-0.25, -0.2) is 13.8 Å². The van der Waals surface area contributed by atoms with E-state index in [2.05, 4.69) is 0 Å². The van der Waals surface area contributed by atoms with Crippen LogP contribution >= 0.6 is 11.6 Å². The molecule has 0 bridgehead atoms. The van der Waals surface area contributed by atoms with E-state index >= 15 is 0 Å². The Labute approximate surface area is 207 Å². The van der Waals surface area contributed by atoms with E-state index in [0.29, 0.717) is 10.8 Å².